The summed E-state index contributed by atoms with van der Waals surface area (Å²) in [6, 6.07) is -0.651. The number of amides is 1. The zero-order valence-corrected chi connectivity index (χ0v) is 36.9. The van der Waals surface area contributed by atoms with Crippen LogP contribution in [0.15, 0.2) is 85.1 Å². The first-order valence-corrected chi connectivity index (χ1v) is 23.8. The number of aliphatic hydroxyl groups is 2. The Morgan fingerprint density at radius 3 is 1.25 bits per heavy atom. The summed E-state index contributed by atoms with van der Waals surface area (Å²) in [6.07, 6.45) is 68.4. The van der Waals surface area contributed by atoms with Crippen molar-refractivity contribution < 1.29 is 15.0 Å². The summed E-state index contributed by atoms with van der Waals surface area (Å²) in [5, 5.41) is 23.0. The summed E-state index contributed by atoms with van der Waals surface area (Å²) in [7, 11) is 0. The van der Waals surface area contributed by atoms with Crippen LogP contribution < -0.4 is 5.32 Å². The van der Waals surface area contributed by atoms with E-state index < -0.39 is 12.1 Å². The number of allylic oxidation sites excluding steroid dienone is 13. The van der Waals surface area contributed by atoms with Gasteiger partial charge in [0.2, 0.25) is 5.91 Å². The van der Waals surface area contributed by atoms with Crippen LogP contribution in [0.25, 0.3) is 0 Å². The lowest BCUT2D eigenvalue weighted by molar-refractivity contribution is -0.123. The topological polar surface area (TPSA) is 69.6 Å². The third-order valence-electron chi connectivity index (χ3n) is 10.4. The van der Waals surface area contributed by atoms with E-state index >= 15 is 0 Å². The average molecular weight is 778 g/mol. The van der Waals surface area contributed by atoms with Gasteiger partial charge in [-0.15, -0.1) is 0 Å². The number of aliphatic hydroxyl groups excluding tert-OH is 2. The van der Waals surface area contributed by atoms with Crippen molar-refractivity contribution in [1.82, 2.24) is 5.32 Å². The van der Waals surface area contributed by atoms with Gasteiger partial charge in [0.15, 0.2) is 0 Å². The summed E-state index contributed by atoms with van der Waals surface area (Å²) in [5.41, 5.74) is 0. The maximum Gasteiger partial charge on any atom is 0.220 e. The first kappa shape index (κ1) is 53.6. The molecule has 4 nitrogen and oxygen atoms in total. The van der Waals surface area contributed by atoms with Gasteiger partial charge in [-0.05, 0) is 77.0 Å². The standard InChI is InChI=1S/C52H91NO3/c1-3-5-7-9-11-13-15-17-19-21-23-25-26-28-30-32-34-36-38-40-42-44-46-48-52(56)53-50(49-54)51(55)47-45-43-41-39-37-35-33-31-29-27-24-22-20-18-16-14-12-10-8-6-4-2/h5,7,11,13,17,19,23,25,28,30,37,39,45,47,50-51,54-55H,3-4,6,8-10,12,14-16,18,20-22,24,26-27,29,31-36,38,40-44,46,48-49H2,1-2H3,(H,53,56)/b7-5-,13-11-,19-17-,25-23-,30-28-,39-37+,47-45+. The molecule has 2 unspecified atom stereocenters. The van der Waals surface area contributed by atoms with Crippen molar-refractivity contribution in [3.63, 3.8) is 0 Å². The summed E-state index contributed by atoms with van der Waals surface area (Å²) < 4.78 is 0. The van der Waals surface area contributed by atoms with E-state index in [0.29, 0.717) is 6.42 Å². The van der Waals surface area contributed by atoms with Gasteiger partial charge < -0.3 is 15.5 Å². The highest BCUT2D eigenvalue weighted by Crippen LogP contribution is 2.14. The van der Waals surface area contributed by atoms with Crippen molar-refractivity contribution in [2.75, 3.05) is 6.61 Å². The van der Waals surface area contributed by atoms with Gasteiger partial charge in [0, 0.05) is 6.42 Å². The van der Waals surface area contributed by atoms with E-state index in [9.17, 15) is 15.0 Å². The van der Waals surface area contributed by atoms with Gasteiger partial charge >= 0.3 is 0 Å². The molecule has 0 aliphatic carbocycles. The van der Waals surface area contributed by atoms with Gasteiger partial charge in [0.1, 0.15) is 0 Å². The summed E-state index contributed by atoms with van der Waals surface area (Å²) in [4.78, 5) is 12.4. The Hall–Kier alpha value is -2.43. The Kier molecular flexibility index (Phi) is 44.9. The van der Waals surface area contributed by atoms with Crippen molar-refractivity contribution in [2.24, 2.45) is 0 Å². The Balaban J connectivity index is 3.65. The molecule has 0 heterocycles. The molecule has 0 aliphatic rings. The predicted octanol–water partition coefficient (Wildman–Crippen LogP) is 15.2. The normalized spacial score (nSPS) is 13.7. The average Bonchev–Trinajstić information content (AvgIpc) is 3.20. The number of hydrogen-bond donors (Lipinski definition) is 3. The highest BCUT2D eigenvalue weighted by atomic mass is 16.3. The van der Waals surface area contributed by atoms with Crippen LogP contribution in [-0.4, -0.2) is 34.9 Å². The fraction of sp³-hybridized carbons (Fsp3) is 0.712. The van der Waals surface area contributed by atoms with Crippen LogP contribution in [0.5, 0.6) is 0 Å². The number of carbonyl (C=O) groups is 1. The second kappa shape index (κ2) is 46.9. The lowest BCUT2D eigenvalue weighted by Gasteiger charge is -2.19. The molecule has 0 saturated heterocycles. The number of hydrogen-bond acceptors (Lipinski definition) is 3. The molecule has 1 amide bonds. The Bertz CT molecular complexity index is 1020. The number of nitrogens with one attached hydrogen (secondary N) is 1. The third kappa shape index (κ3) is 42.7. The van der Waals surface area contributed by atoms with Gasteiger partial charge in [0.25, 0.3) is 0 Å². The third-order valence-corrected chi connectivity index (χ3v) is 10.4. The summed E-state index contributed by atoms with van der Waals surface area (Å²) in [6.45, 7) is 4.18. The molecule has 0 spiro atoms. The quantitative estimate of drug-likeness (QED) is 0.0427. The van der Waals surface area contributed by atoms with Crippen LogP contribution in [0.3, 0.4) is 0 Å². The van der Waals surface area contributed by atoms with Crippen LogP contribution in [0, 0.1) is 0 Å². The number of carbonyl (C=O) groups excluding carboxylic acids is 1. The van der Waals surface area contributed by atoms with E-state index in [1.54, 1.807) is 6.08 Å². The summed E-state index contributed by atoms with van der Waals surface area (Å²) >= 11 is 0. The largest absolute Gasteiger partial charge is 0.394 e. The molecule has 0 saturated carbocycles. The molecule has 4 heteroatoms. The van der Waals surface area contributed by atoms with Crippen LogP contribution in [-0.2, 0) is 4.79 Å². The van der Waals surface area contributed by atoms with Gasteiger partial charge in [-0.3, -0.25) is 4.79 Å². The van der Waals surface area contributed by atoms with Crippen molar-refractivity contribution >= 4 is 5.91 Å². The molecule has 0 aromatic rings. The minimum Gasteiger partial charge on any atom is -0.394 e. The smallest absolute Gasteiger partial charge is 0.220 e. The molecule has 0 fully saturated rings. The van der Waals surface area contributed by atoms with Crippen LogP contribution >= 0.6 is 0 Å². The second-order valence-corrected chi connectivity index (χ2v) is 15.8. The van der Waals surface area contributed by atoms with Crippen LogP contribution in [0.1, 0.15) is 219 Å². The molecule has 0 aromatic heterocycles. The SMILES string of the molecule is CC/C=C\C/C=C\C/C=C\C/C=C\C/C=C\CCCCCCCCCC(=O)NC(CO)C(O)/C=C/CC/C=C/CCCCCCCCCCCCCCCCC. The van der Waals surface area contributed by atoms with Gasteiger partial charge in [0.05, 0.1) is 18.8 Å². The minimum absolute atomic E-state index is 0.0877. The van der Waals surface area contributed by atoms with E-state index in [1.165, 1.54) is 122 Å². The molecule has 2 atom stereocenters. The predicted molar refractivity (Wildman–Crippen MR) is 248 cm³/mol. The monoisotopic (exact) mass is 778 g/mol. The van der Waals surface area contributed by atoms with Crippen molar-refractivity contribution in [2.45, 2.75) is 231 Å². The maximum atomic E-state index is 12.4. The summed E-state index contributed by atoms with van der Waals surface area (Å²) in [5.74, 6) is -0.0877. The van der Waals surface area contributed by atoms with E-state index in [0.717, 1.165) is 77.0 Å². The van der Waals surface area contributed by atoms with E-state index in [2.05, 4.69) is 92.1 Å². The van der Waals surface area contributed by atoms with Crippen molar-refractivity contribution in [1.29, 1.82) is 0 Å². The molecule has 0 aliphatic heterocycles. The highest BCUT2D eigenvalue weighted by Gasteiger charge is 2.17. The molecule has 0 radical (unpaired) electrons. The minimum atomic E-state index is -0.872. The Labute approximate surface area is 348 Å². The second-order valence-electron chi connectivity index (χ2n) is 15.8. The van der Waals surface area contributed by atoms with Gasteiger partial charge in [-0.25, -0.2) is 0 Å². The van der Waals surface area contributed by atoms with E-state index in [1.807, 2.05) is 6.08 Å². The van der Waals surface area contributed by atoms with Crippen LogP contribution in [0.2, 0.25) is 0 Å². The van der Waals surface area contributed by atoms with E-state index in [-0.39, 0.29) is 12.5 Å². The van der Waals surface area contributed by atoms with Crippen LogP contribution in [0.4, 0.5) is 0 Å². The van der Waals surface area contributed by atoms with Gasteiger partial charge in [-0.2, -0.15) is 0 Å². The maximum absolute atomic E-state index is 12.4. The molecular weight excluding hydrogens is 687 g/mol. The molecule has 0 bridgehead atoms. The first-order chi connectivity index (χ1) is 27.7. The Morgan fingerprint density at radius 1 is 0.446 bits per heavy atom. The zero-order chi connectivity index (χ0) is 40.7. The molecule has 0 rings (SSSR count). The fourth-order valence-corrected chi connectivity index (χ4v) is 6.75. The highest BCUT2D eigenvalue weighted by molar-refractivity contribution is 5.76. The number of rotatable bonds is 42. The Morgan fingerprint density at radius 2 is 0.804 bits per heavy atom. The molecular formula is C52H91NO3. The number of unbranched alkanes of at least 4 members (excludes halogenated alkanes) is 23. The fourth-order valence-electron chi connectivity index (χ4n) is 6.75. The zero-order valence-electron chi connectivity index (χ0n) is 36.9. The molecule has 322 valence electrons. The first-order valence-electron chi connectivity index (χ1n) is 23.8. The lowest BCUT2D eigenvalue weighted by Crippen LogP contribution is -2.45. The molecule has 3 N–H and O–H groups in total. The van der Waals surface area contributed by atoms with E-state index in [4.69, 9.17) is 0 Å². The molecule has 0 aromatic carbocycles. The molecule has 56 heavy (non-hydrogen) atoms. The van der Waals surface area contributed by atoms with Gasteiger partial charge in [-0.1, -0.05) is 221 Å². The van der Waals surface area contributed by atoms with Crippen molar-refractivity contribution in [3.8, 4) is 0 Å². The van der Waals surface area contributed by atoms with Crippen molar-refractivity contribution in [3.05, 3.63) is 85.1 Å². The lowest BCUT2D eigenvalue weighted by atomic mass is 10.0.